The first-order valence-corrected chi connectivity index (χ1v) is 23.6. The Morgan fingerprint density at radius 2 is 1.55 bits per heavy atom. The molecule has 0 radical (unpaired) electrons. The summed E-state index contributed by atoms with van der Waals surface area (Å²) in [5.41, 5.74) is 6.32. The van der Waals surface area contributed by atoms with E-state index < -0.39 is 16.6 Å². The lowest BCUT2D eigenvalue weighted by Crippen LogP contribution is -2.44. The number of hydrogen-bond donors (Lipinski definition) is 0. The second-order valence-corrected chi connectivity index (χ2v) is 27.5. The molecule has 44 heavy (non-hydrogen) atoms. The molecule has 5 atom stereocenters. The van der Waals surface area contributed by atoms with Gasteiger partial charge in [-0.15, -0.1) is 0 Å². The Morgan fingerprint density at radius 1 is 0.909 bits per heavy atom. The van der Waals surface area contributed by atoms with E-state index in [0.717, 1.165) is 43.3 Å². The van der Waals surface area contributed by atoms with E-state index in [9.17, 15) is 0 Å². The van der Waals surface area contributed by atoms with Gasteiger partial charge in [0.2, 0.25) is 8.32 Å². The van der Waals surface area contributed by atoms with Crippen LogP contribution in [-0.2, 0) is 10.8 Å². The molecule has 0 bridgehead atoms. The van der Waals surface area contributed by atoms with Crippen LogP contribution in [-0.4, -0.2) is 22.7 Å². The Hall–Kier alpha value is -1.37. The number of benzene rings is 1. The quantitative estimate of drug-likeness (QED) is 0.265. The molecular formula is C40H66O2Si2. The molecule has 0 aromatic heterocycles. The largest absolute Gasteiger partial charge is 0.544 e. The topological polar surface area (TPSA) is 18.5 Å². The molecular weight excluding hydrogens is 569 g/mol. The van der Waals surface area contributed by atoms with Gasteiger partial charge in [0.25, 0.3) is 0 Å². The van der Waals surface area contributed by atoms with Crippen molar-refractivity contribution < 1.29 is 8.85 Å². The molecule has 0 spiro atoms. The Labute approximate surface area is 274 Å². The fraction of sp³-hybridized carbons (Fsp3) is 0.700. The molecule has 0 aliphatic heterocycles. The van der Waals surface area contributed by atoms with Gasteiger partial charge in [0.1, 0.15) is 5.75 Å². The van der Waals surface area contributed by atoms with Gasteiger partial charge in [-0.2, -0.15) is 0 Å². The Bertz CT molecular complexity index is 1220. The molecule has 3 unspecified atom stereocenters. The average molecular weight is 635 g/mol. The van der Waals surface area contributed by atoms with Gasteiger partial charge in [-0.1, -0.05) is 97.4 Å². The molecule has 4 rings (SSSR count). The summed E-state index contributed by atoms with van der Waals surface area (Å²) >= 11 is 0. The van der Waals surface area contributed by atoms with E-state index >= 15 is 0 Å². The molecule has 246 valence electrons. The van der Waals surface area contributed by atoms with Crippen molar-refractivity contribution in [3.8, 4) is 5.75 Å². The van der Waals surface area contributed by atoms with Gasteiger partial charge < -0.3 is 8.85 Å². The van der Waals surface area contributed by atoms with Crippen molar-refractivity contribution in [3.63, 3.8) is 0 Å². The maximum atomic E-state index is 6.86. The molecule has 0 saturated heterocycles. The molecule has 3 aliphatic carbocycles. The van der Waals surface area contributed by atoms with E-state index in [-0.39, 0.29) is 10.1 Å². The Balaban J connectivity index is 1.42. The van der Waals surface area contributed by atoms with Gasteiger partial charge in [-0.3, -0.25) is 0 Å². The van der Waals surface area contributed by atoms with E-state index in [1.165, 1.54) is 48.8 Å². The third-order valence-corrected chi connectivity index (χ3v) is 21.7. The first-order chi connectivity index (χ1) is 20.2. The minimum atomic E-state index is -1.81. The summed E-state index contributed by atoms with van der Waals surface area (Å²) in [7, 11) is -3.58. The van der Waals surface area contributed by atoms with Crippen molar-refractivity contribution >= 4 is 16.6 Å². The summed E-state index contributed by atoms with van der Waals surface area (Å²) < 4.78 is 13.4. The van der Waals surface area contributed by atoms with Gasteiger partial charge >= 0.3 is 0 Å². The van der Waals surface area contributed by atoms with Gasteiger partial charge in [0.05, 0.1) is 0 Å². The maximum Gasteiger partial charge on any atom is 0.250 e. The number of hydrogen-bond acceptors (Lipinski definition) is 2. The lowest BCUT2D eigenvalue weighted by atomic mass is 9.60. The van der Waals surface area contributed by atoms with Crippen LogP contribution in [0.15, 0.2) is 59.7 Å². The lowest BCUT2D eigenvalue weighted by molar-refractivity contribution is 0.0976. The molecule has 0 amide bonds. The molecule has 3 aliphatic rings. The van der Waals surface area contributed by atoms with E-state index in [1.807, 2.05) is 0 Å². The van der Waals surface area contributed by atoms with E-state index in [0.29, 0.717) is 17.4 Å². The molecule has 3 saturated carbocycles. The summed E-state index contributed by atoms with van der Waals surface area (Å²) in [4.78, 5) is 0. The Kier molecular flexibility index (Phi) is 10.5. The van der Waals surface area contributed by atoms with Crippen molar-refractivity contribution in [2.75, 3.05) is 0 Å². The molecule has 0 heterocycles. The molecule has 1 aromatic carbocycles. The van der Waals surface area contributed by atoms with Crippen LogP contribution in [0.25, 0.3) is 0 Å². The second-order valence-electron chi connectivity index (χ2n) is 18.1. The molecule has 1 aromatic rings. The van der Waals surface area contributed by atoms with Crippen LogP contribution in [0.1, 0.15) is 112 Å². The highest BCUT2D eigenvalue weighted by Gasteiger charge is 2.50. The molecule has 3 fully saturated rings. The smallest absolute Gasteiger partial charge is 0.250 e. The SMILES string of the molecule is C=C1CCC(O[Si](C)(C)C(C)(C)C)CC1=CC=C1CCC[C@@]2(C)C1CC[C@@H]2C(C)Cc1ccc(O[Si](C)(C)C(C)(C)C)cc1. The van der Waals surface area contributed by atoms with Crippen LogP contribution in [0, 0.1) is 23.2 Å². The predicted octanol–water partition coefficient (Wildman–Crippen LogP) is 12.4. The normalized spacial score (nSPS) is 29.6. The van der Waals surface area contributed by atoms with Crippen LogP contribution in [0.3, 0.4) is 0 Å². The number of rotatable bonds is 8. The molecule has 4 heteroatoms. The van der Waals surface area contributed by atoms with Gasteiger partial charge in [-0.25, -0.2) is 0 Å². The van der Waals surface area contributed by atoms with E-state index in [1.54, 1.807) is 5.57 Å². The van der Waals surface area contributed by atoms with Crippen molar-refractivity contribution in [1.29, 1.82) is 0 Å². The summed E-state index contributed by atoms with van der Waals surface area (Å²) in [5, 5.41) is 0.461. The third-order valence-electron chi connectivity index (χ3n) is 12.8. The highest BCUT2D eigenvalue weighted by Crippen LogP contribution is 2.59. The minimum Gasteiger partial charge on any atom is -0.544 e. The predicted molar refractivity (Wildman–Crippen MR) is 197 cm³/mol. The minimum absolute atomic E-state index is 0.213. The van der Waals surface area contributed by atoms with Crippen LogP contribution < -0.4 is 4.43 Å². The lowest BCUT2D eigenvalue weighted by Gasteiger charge is -2.44. The first kappa shape index (κ1) is 35.5. The van der Waals surface area contributed by atoms with Crippen LogP contribution in [0.4, 0.5) is 0 Å². The van der Waals surface area contributed by atoms with Crippen molar-refractivity contribution in [2.24, 2.45) is 23.2 Å². The average Bonchev–Trinajstić information content (AvgIpc) is 3.26. The van der Waals surface area contributed by atoms with Crippen LogP contribution in [0.5, 0.6) is 5.75 Å². The highest BCUT2D eigenvalue weighted by atomic mass is 28.4. The Morgan fingerprint density at radius 3 is 2.16 bits per heavy atom. The van der Waals surface area contributed by atoms with Gasteiger partial charge in [-0.05, 0) is 140 Å². The fourth-order valence-electron chi connectivity index (χ4n) is 7.94. The zero-order valence-corrected chi connectivity index (χ0v) is 32.7. The summed E-state index contributed by atoms with van der Waals surface area (Å²) in [5.74, 6) is 3.22. The molecule has 0 N–H and O–H groups in total. The van der Waals surface area contributed by atoms with Crippen LogP contribution >= 0.6 is 0 Å². The molecule has 2 nitrogen and oxygen atoms in total. The monoisotopic (exact) mass is 634 g/mol. The van der Waals surface area contributed by atoms with Crippen molar-refractivity contribution in [1.82, 2.24) is 0 Å². The first-order valence-electron chi connectivity index (χ1n) is 17.8. The fourth-order valence-corrected chi connectivity index (χ4v) is 10.4. The maximum absolute atomic E-state index is 6.86. The zero-order valence-electron chi connectivity index (χ0n) is 30.7. The summed E-state index contributed by atoms with van der Waals surface area (Å²) in [6.07, 6.45) is 16.4. The standard InChI is InChI=1S/C40H66O2Si2/c1-29-16-21-35(42-44(12,13)39(6,7)8)28-33(29)20-19-32-15-14-26-40(9)36(24-25-37(32)40)30(2)27-31-17-22-34(23-18-31)41-43(10,11)38(3,4)5/h17-20,22-23,30,35-37H,1,14-16,21,24-28H2,2-13H3/t30?,35?,36-,37?,40-/m1/s1. The van der Waals surface area contributed by atoms with E-state index in [2.05, 4.69) is 125 Å². The number of fused-ring (bicyclic) bond motifs is 1. The summed E-state index contributed by atoms with van der Waals surface area (Å²) in [6, 6.07) is 9.09. The highest BCUT2D eigenvalue weighted by molar-refractivity contribution is 6.75. The zero-order chi connectivity index (χ0) is 32.7. The van der Waals surface area contributed by atoms with Crippen LogP contribution in [0.2, 0.25) is 36.3 Å². The third kappa shape index (κ3) is 7.77. The van der Waals surface area contributed by atoms with Crippen molar-refractivity contribution in [3.05, 3.63) is 65.3 Å². The number of allylic oxidation sites excluding steroid dienone is 4. The summed E-state index contributed by atoms with van der Waals surface area (Å²) in [6.45, 7) is 33.0. The van der Waals surface area contributed by atoms with Crippen molar-refractivity contribution in [2.45, 2.75) is 156 Å². The second kappa shape index (κ2) is 13.0. The van der Waals surface area contributed by atoms with Gasteiger partial charge in [0.15, 0.2) is 8.32 Å². The van der Waals surface area contributed by atoms with E-state index in [4.69, 9.17) is 8.85 Å². The van der Waals surface area contributed by atoms with Gasteiger partial charge in [0, 0.05) is 6.10 Å².